The van der Waals surface area contributed by atoms with Gasteiger partial charge in [0, 0.05) is 11.8 Å². The van der Waals surface area contributed by atoms with E-state index in [1.807, 2.05) is 0 Å². The number of aromatic nitrogens is 1. The number of methoxy groups -OCH3 is 1. The number of hydrogen-bond acceptors (Lipinski definition) is 6. The normalized spacial score (nSPS) is 21.6. The molecule has 1 saturated heterocycles. The van der Waals surface area contributed by atoms with E-state index in [0.29, 0.717) is 23.2 Å². The van der Waals surface area contributed by atoms with Crippen LogP contribution in [0, 0.1) is 0 Å². The maximum atomic E-state index is 8.50. The Morgan fingerprint density at radius 2 is 2.33 bits per heavy atom. The van der Waals surface area contributed by atoms with Crippen molar-refractivity contribution >= 4 is 21.7 Å². The van der Waals surface area contributed by atoms with Gasteiger partial charge in [0.05, 0.1) is 39.6 Å². The largest absolute Gasteiger partial charge is 0.493 e. The van der Waals surface area contributed by atoms with Gasteiger partial charge < -0.3 is 24.7 Å². The molecular formula is C17H19BrN2O4. The second-order valence-electron chi connectivity index (χ2n) is 4.98. The minimum absolute atomic E-state index is 0.0305. The molecular weight excluding hydrogens is 376 g/mol. The number of nitrogen functional groups attached to an aromatic ring is 1. The SMILES string of the molecule is [2H]c1c([2H])c(-c2cnc(N)c(Br)c2)c([2H])c(OC([2H])([2H])[2H])c1OC[C@H]1COCCO1. The van der Waals surface area contributed by atoms with Gasteiger partial charge in [-0.3, -0.25) is 0 Å². The average Bonchev–Trinajstić information content (AvgIpc) is 2.68. The van der Waals surface area contributed by atoms with E-state index in [2.05, 4.69) is 20.9 Å². The lowest BCUT2D eigenvalue weighted by Crippen LogP contribution is -2.33. The van der Waals surface area contributed by atoms with Crippen LogP contribution < -0.4 is 15.2 Å². The number of rotatable bonds is 5. The molecule has 1 atom stereocenters. The van der Waals surface area contributed by atoms with Crippen LogP contribution in [0.2, 0.25) is 0 Å². The van der Waals surface area contributed by atoms with Crippen LogP contribution in [0.3, 0.4) is 0 Å². The van der Waals surface area contributed by atoms with E-state index in [-0.39, 0.29) is 36.4 Å². The summed E-state index contributed by atoms with van der Waals surface area (Å²) in [6.45, 7) is 1.05. The number of anilines is 1. The summed E-state index contributed by atoms with van der Waals surface area (Å²) in [5, 5.41) is 0. The zero-order chi connectivity index (χ0) is 22.1. The minimum atomic E-state index is -2.90. The summed E-state index contributed by atoms with van der Waals surface area (Å²) in [5.74, 6) is -0.575. The zero-order valence-corrected chi connectivity index (χ0v) is 14.2. The van der Waals surface area contributed by atoms with Gasteiger partial charge in [-0.2, -0.15) is 0 Å². The molecule has 1 aromatic carbocycles. The predicted molar refractivity (Wildman–Crippen MR) is 94.4 cm³/mol. The van der Waals surface area contributed by atoms with Gasteiger partial charge in [-0.05, 0) is 39.6 Å². The highest BCUT2D eigenvalue weighted by Crippen LogP contribution is 2.34. The molecule has 1 aromatic heterocycles. The maximum Gasteiger partial charge on any atom is 0.161 e. The average molecular weight is 401 g/mol. The summed E-state index contributed by atoms with van der Waals surface area (Å²) in [5.41, 5.74) is 5.96. The first-order chi connectivity index (χ1) is 14.1. The van der Waals surface area contributed by atoms with Crippen LogP contribution in [0.1, 0.15) is 8.22 Å². The van der Waals surface area contributed by atoms with Gasteiger partial charge in [-0.15, -0.1) is 0 Å². The fraction of sp³-hybridized carbons (Fsp3) is 0.353. The monoisotopic (exact) mass is 400 g/mol. The Labute approximate surface area is 157 Å². The van der Waals surface area contributed by atoms with E-state index in [0.717, 1.165) is 0 Å². The summed E-state index contributed by atoms with van der Waals surface area (Å²) >= 11 is 3.23. The first kappa shape index (κ1) is 10.9. The molecule has 2 N–H and O–H groups in total. The molecule has 0 aliphatic carbocycles. The number of benzene rings is 1. The van der Waals surface area contributed by atoms with Crippen molar-refractivity contribution in [1.29, 1.82) is 0 Å². The Kier molecular flexibility index (Phi) is 3.56. The third kappa shape index (κ3) is 3.98. The second kappa shape index (κ2) is 7.83. The lowest BCUT2D eigenvalue weighted by Gasteiger charge is -2.23. The number of nitrogens with zero attached hydrogens (tertiary/aromatic N) is 1. The molecule has 1 fully saturated rings. The molecule has 2 heterocycles. The van der Waals surface area contributed by atoms with Gasteiger partial charge in [-0.1, -0.05) is 6.04 Å². The van der Waals surface area contributed by atoms with E-state index in [1.165, 1.54) is 12.3 Å². The van der Waals surface area contributed by atoms with Crippen molar-refractivity contribution in [2.75, 3.05) is 39.2 Å². The van der Waals surface area contributed by atoms with Crippen LogP contribution in [-0.2, 0) is 9.47 Å². The summed E-state index contributed by atoms with van der Waals surface area (Å²) in [7, 11) is -2.90. The Hall–Kier alpha value is -1.83. The smallest absolute Gasteiger partial charge is 0.161 e. The molecule has 6 nitrogen and oxygen atoms in total. The van der Waals surface area contributed by atoms with Crippen molar-refractivity contribution in [3.8, 4) is 22.6 Å². The lowest BCUT2D eigenvalue weighted by molar-refractivity contribution is -0.101. The van der Waals surface area contributed by atoms with E-state index >= 15 is 0 Å². The zero-order valence-electron chi connectivity index (χ0n) is 18.6. The van der Waals surface area contributed by atoms with E-state index < -0.39 is 31.0 Å². The molecule has 2 aromatic rings. The predicted octanol–water partition coefficient (Wildman–Crippen LogP) is 2.90. The van der Waals surface area contributed by atoms with Crippen molar-refractivity contribution in [2.24, 2.45) is 0 Å². The quantitative estimate of drug-likeness (QED) is 0.831. The standard InChI is InChI=1S/C17H19BrN2O4/c1-21-16-7-11(12-6-14(18)17(19)20-8-12)2-3-15(16)24-10-13-9-22-4-5-23-13/h2-3,6-8,13H,4-5,9-10H2,1H3,(H2,19,20)/t13-/m1/s1/i1D3,2D,3D,7D. The van der Waals surface area contributed by atoms with Gasteiger partial charge in [0.25, 0.3) is 0 Å². The van der Waals surface area contributed by atoms with Crippen LogP contribution in [0.25, 0.3) is 11.1 Å². The van der Waals surface area contributed by atoms with E-state index in [1.54, 1.807) is 0 Å². The van der Waals surface area contributed by atoms with Crippen molar-refractivity contribution in [2.45, 2.75) is 6.10 Å². The van der Waals surface area contributed by atoms with Gasteiger partial charge in [0.15, 0.2) is 11.5 Å². The van der Waals surface area contributed by atoms with E-state index in [4.69, 9.17) is 32.9 Å². The molecule has 24 heavy (non-hydrogen) atoms. The molecule has 0 radical (unpaired) electrons. The molecule has 0 saturated carbocycles. The summed E-state index contributed by atoms with van der Waals surface area (Å²) in [4.78, 5) is 3.98. The van der Waals surface area contributed by atoms with Crippen LogP contribution in [0.5, 0.6) is 11.5 Å². The van der Waals surface area contributed by atoms with Crippen LogP contribution >= 0.6 is 15.9 Å². The molecule has 1 aliphatic rings. The Morgan fingerprint density at radius 3 is 3.08 bits per heavy atom. The van der Waals surface area contributed by atoms with Crippen molar-refractivity contribution in [3.05, 3.63) is 34.9 Å². The van der Waals surface area contributed by atoms with Crippen molar-refractivity contribution in [3.63, 3.8) is 0 Å². The number of pyridine rings is 1. The fourth-order valence-corrected chi connectivity index (χ4v) is 2.44. The van der Waals surface area contributed by atoms with Gasteiger partial charge in [-0.25, -0.2) is 4.98 Å². The second-order valence-corrected chi connectivity index (χ2v) is 5.83. The topological polar surface area (TPSA) is 75.8 Å². The van der Waals surface area contributed by atoms with Gasteiger partial charge in [0.2, 0.25) is 0 Å². The third-order valence-corrected chi connectivity index (χ3v) is 3.94. The van der Waals surface area contributed by atoms with Crippen molar-refractivity contribution in [1.82, 2.24) is 4.98 Å². The highest BCUT2D eigenvalue weighted by atomic mass is 79.9. The summed E-state index contributed by atoms with van der Waals surface area (Å²) in [6.07, 6.45) is 0.900. The molecule has 128 valence electrons. The van der Waals surface area contributed by atoms with Gasteiger partial charge in [0.1, 0.15) is 18.5 Å². The molecule has 0 unspecified atom stereocenters. The summed E-state index contributed by atoms with van der Waals surface area (Å²) < 4.78 is 69.3. The Bertz CT molecular complexity index is 938. The molecule has 7 heteroatoms. The molecule has 0 amide bonds. The Morgan fingerprint density at radius 1 is 1.42 bits per heavy atom. The van der Waals surface area contributed by atoms with Crippen LogP contribution in [0.15, 0.2) is 34.9 Å². The minimum Gasteiger partial charge on any atom is -0.493 e. The first-order valence-electron chi connectivity index (χ1n) is 10.1. The molecule has 0 spiro atoms. The molecule has 3 rings (SSSR count). The third-order valence-electron chi connectivity index (χ3n) is 3.30. The van der Waals surface area contributed by atoms with E-state index in [9.17, 15) is 0 Å². The Balaban J connectivity index is 2.08. The fourth-order valence-electron chi connectivity index (χ4n) is 2.09. The van der Waals surface area contributed by atoms with Crippen LogP contribution in [0.4, 0.5) is 5.82 Å². The number of ether oxygens (including phenoxy) is 4. The highest BCUT2D eigenvalue weighted by molar-refractivity contribution is 9.10. The number of halogens is 1. The number of hydrogen-bond donors (Lipinski definition) is 1. The van der Waals surface area contributed by atoms with Crippen molar-refractivity contribution < 1.29 is 27.2 Å². The van der Waals surface area contributed by atoms with Crippen LogP contribution in [-0.4, -0.2) is 44.6 Å². The highest BCUT2D eigenvalue weighted by Gasteiger charge is 2.16. The number of nitrogens with two attached hydrogens (primary N) is 1. The lowest BCUT2D eigenvalue weighted by atomic mass is 10.1. The summed E-state index contributed by atoms with van der Waals surface area (Å²) in [6, 6.07) is 0.346. The first-order valence-corrected chi connectivity index (χ1v) is 7.94. The molecule has 0 bridgehead atoms. The van der Waals surface area contributed by atoms with Gasteiger partial charge >= 0.3 is 0 Å². The molecule has 1 aliphatic heterocycles. The maximum absolute atomic E-state index is 8.50.